The number of ether oxygens (including phenoxy) is 1. The number of carbonyl (C=O) groups excluding carboxylic acids is 2. The summed E-state index contributed by atoms with van der Waals surface area (Å²) in [5.41, 5.74) is 4.29. The van der Waals surface area contributed by atoms with Crippen LogP contribution in [0, 0.1) is 0 Å². The number of benzene rings is 1. The molecule has 1 rings (SSSR count). The number of hydrogen-bond acceptors (Lipinski definition) is 4. The van der Waals surface area contributed by atoms with Crippen molar-refractivity contribution < 1.29 is 27.5 Å². The molecule has 0 atom stereocenters. The van der Waals surface area contributed by atoms with Gasteiger partial charge in [-0.25, -0.2) is 0 Å². The highest BCUT2D eigenvalue weighted by molar-refractivity contribution is 5.85. The van der Waals surface area contributed by atoms with E-state index in [-0.39, 0.29) is 32.0 Å². The second kappa shape index (κ2) is 8.23. The fourth-order valence-electron chi connectivity index (χ4n) is 1.41. The summed E-state index contributed by atoms with van der Waals surface area (Å²) >= 11 is 0. The molecule has 9 heteroatoms. The van der Waals surface area contributed by atoms with Crippen LogP contribution in [0.5, 0.6) is 5.75 Å². The lowest BCUT2D eigenvalue weighted by atomic mass is 10.2. The van der Waals surface area contributed by atoms with Crippen LogP contribution in [-0.4, -0.2) is 38.1 Å². The number of alkyl halides is 3. The van der Waals surface area contributed by atoms with Crippen molar-refractivity contribution in [3.8, 4) is 5.75 Å². The second-order valence-corrected chi connectivity index (χ2v) is 4.20. The molecular weight excluding hydrogens is 303 g/mol. The molecular formula is C13H16F3N3O3. The van der Waals surface area contributed by atoms with Gasteiger partial charge >= 0.3 is 6.18 Å². The fraction of sp³-hybridized carbons (Fsp3) is 0.385. The standard InChI is InChI=1S/C13H16F3N3O3/c14-13(15,16)9-1-3-10(4-2-9)22-6-5-18-12(21)8-19-11(20)7-17/h1-4H,5-8,17H2,(H,18,21)(H,19,20). The maximum Gasteiger partial charge on any atom is 0.416 e. The van der Waals surface area contributed by atoms with E-state index >= 15 is 0 Å². The van der Waals surface area contributed by atoms with Gasteiger partial charge in [0.1, 0.15) is 12.4 Å². The number of halogens is 3. The molecule has 0 aliphatic rings. The molecule has 0 saturated heterocycles. The van der Waals surface area contributed by atoms with Crippen molar-refractivity contribution in [1.82, 2.24) is 10.6 Å². The normalized spacial score (nSPS) is 10.9. The predicted molar refractivity (Wildman–Crippen MR) is 72.0 cm³/mol. The third kappa shape index (κ3) is 6.44. The Morgan fingerprint density at radius 3 is 2.27 bits per heavy atom. The van der Waals surface area contributed by atoms with Crippen molar-refractivity contribution in [1.29, 1.82) is 0 Å². The van der Waals surface area contributed by atoms with E-state index in [0.29, 0.717) is 0 Å². The highest BCUT2D eigenvalue weighted by Gasteiger charge is 2.29. The smallest absolute Gasteiger partial charge is 0.416 e. The molecule has 0 bridgehead atoms. The van der Waals surface area contributed by atoms with Gasteiger partial charge in [-0.15, -0.1) is 0 Å². The van der Waals surface area contributed by atoms with Gasteiger partial charge in [0.2, 0.25) is 11.8 Å². The van der Waals surface area contributed by atoms with Crippen molar-refractivity contribution >= 4 is 11.8 Å². The zero-order chi connectivity index (χ0) is 16.6. The molecule has 0 spiro atoms. The molecule has 0 aliphatic heterocycles. The predicted octanol–water partition coefficient (Wildman–Crippen LogP) is 0.275. The molecule has 22 heavy (non-hydrogen) atoms. The number of hydrogen-bond donors (Lipinski definition) is 3. The number of nitrogens with two attached hydrogens (primary N) is 1. The minimum atomic E-state index is -4.39. The first-order chi connectivity index (χ1) is 10.3. The third-order valence-electron chi connectivity index (χ3n) is 2.51. The molecule has 6 nitrogen and oxygen atoms in total. The Balaban J connectivity index is 2.24. The summed E-state index contributed by atoms with van der Waals surface area (Å²) in [6.45, 7) is -0.166. The molecule has 0 saturated carbocycles. The Kier molecular flexibility index (Phi) is 6.64. The van der Waals surface area contributed by atoms with E-state index in [1.165, 1.54) is 12.1 Å². The molecule has 0 aromatic heterocycles. The monoisotopic (exact) mass is 319 g/mol. The van der Waals surface area contributed by atoms with E-state index in [1.54, 1.807) is 0 Å². The van der Waals surface area contributed by atoms with Crippen LogP contribution in [-0.2, 0) is 15.8 Å². The molecule has 1 aromatic rings. The van der Waals surface area contributed by atoms with Crippen molar-refractivity contribution in [2.24, 2.45) is 5.73 Å². The van der Waals surface area contributed by atoms with Crippen molar-refractivity contribution in [2.75, 3.05) is 26.2 Å². The Hall–Kier alpha value is -2.29. The van der Waals surface area contributed by atoms with Crippen molar-refractivity contribution in [2.45, 2.75) is 6.18 Å². The third-order valence-corrected chi connectivity index (χ3v) is 2.51. The molecule has 0 unspecified atom stereocenters. The lowest BCUT2D eigenvalue weighted by Gasteiger charge is -2.10. The van der Waals surface area contributed by atoms with Gasteiger partial charge in [0.05, 0.1) is 25.2 Å². The Morgan fingerprint density at radius 1 is 1.09 bits per heavy atom. The van der Waals surface area contributed by atoms with E-state index in [0.717, 1.165) is 12.1 Å². The van der Waals surface area contributed by atoms with Crippen molar-refractivity contribution in [3.05, 3.63) is 29.8 Å². The van der Waals surface area contributed by atoms with Gasteiger partial charge in [0.25, 0.3) is 0 Å². The van der Waals surface area contributed by atoms with Crippen LogP contribution in [0.3, 0.4) is 0 Å². The minimum Gasteiger partial charge on any atom is -0.492 e. The number of carbonyl (C=O) groups is 2. The van der Waals surface area contributed by atoms with Crippen LogP contribution in [0.15, 0.2) is 24.3 Å². The van der Waals surface area contributed by atoms with Crippen molar-refractivity contribution in [3.63, 3.8) is 0 Å². The summed E-state index contributed by atoms with van der Waals surface area (Å²) in [7, 11) is 0. The van der Waals surface area contributed by atoms with Gasteiger partial charge < -0.3 is 21.1 Å². The molecule has 122 valence electrons. The Bertz CT molecular complexity index is 503. The lowest BCUT2D eigenvalue weighted by molar-refractivity contribution is -0.137. The lowest BCUT2D eigenvalue weighted by Crippen LogP contribution is -2.40. The van der Waals surface area contributed by atoms with Crippen LogP contribution >= 0.6 is 0 Å². The van der Waals surface area contributed by atoms with E-state index in [4.69, 9.17) is 10.5 Å². The summed E-state index contributed by atoms with van der Waals surface area (Å²) in [6.07, 6.45) is -4.39. The zero-order valence-corrected chi connectivity index (χ0v) is 11.6. The number of nitrogens with one attached hydrogen (secondary N) is 2. The average molecular weight is 319 g/mol. The maximum absolute atomic E-state index is 12.3. The maximum atomic E-state index is 12.3. The van der Waals surface area contributed by atoms with Gasteiger partial charge in [-0.05, 0) is 24.3 Å². The first-order valence-corrected chi connectivity index (χ1v) is 6.36. The molecule has 4 N–H and O–H groups in total. The molecule has 2 amide bonds. The zero-order valence-electron chi connectivity index (χ0n) is 11.6. The number of amides is 2. The summed E-state index contributed by atoms with van der Waals surface area (Å²) < 4.78 is 42.2. The SMILES string of the molecule is NCC(=O)NCC(=O)NCCOc1ccc(C(F)(F)F)cc1. The topological polar surface area (TPSA) is 93.5 Å². The molecule has 0 aliphatic carbocycles. The molecule has 0 radical (unpaired) electrons. The highest BCUT2D eigenvalue weighted by atomic mass is 19.4. The number of rotatable bonds is 7. The Labute approximate surface area is 124 Å². The van der Waals surface area contributed by atoms with E-state index in [2.05, 4.69) is 10.6 Å². The summed E-state index contributed by atoms with van der Waals surface area (Å²) in [6, 6.07) is 4.23. The summed E-state index contributed by atoms with van der Waals surface area (Å²) in [5, 5.41) is 4.76. The second-order valence-electron chi connectivity index (χ2n) is 4.20. The van der Waals surface area contributed by atoms with Gasteiger partial charge in [-0.3, -0.25) is 9.59 Å². The van der Waals surface area contributed by atoms with Crippen LogP contribution in [0.2, 0.25) is 0 Å². The van der Waals surface area contributed by atoms with Crippen LogP contribution in [0.1, 0.15) is 5.56 Å². The largest absolute Gasteiger partial charge is 0.492 e. The molecule has 0 fully saturated rings. The first kappa shape index (κ1) is 17.8. The van der Waals surface area contributed by atoms with Gasteiger partial charge in [-0.1, -0.05) is 0 Å². The van der Waals surface area contributed by atoms with E-state index in [1.807, 2.05) is 0 Å². The Morgan fingerprint density at radius 2 is 1.73 bits per heavy atom. The van der Waals surface area contributed by atoms with Gasteiger partial charge in [-0.2, -0.15) is 13.2 Å². The summed E-state index contributed by atoms with van der Waals surface area (Å²) in [5.74, 6) is -0.604. The summed E-state index contributed by atoms with van der Waals surface area (Å²) in [4.78, 5) is 22.1. The van der Waals surface area contributed by atoms with E-state index in [9.17, 15) is 22.8 Å². The quantitative estimate of drug-likeness (QED) is 0.629. The molecule has 0 heterocycles. The van der Waals surface area contributed by atoms with Crippen LogP contribution in [0.4, 0.5) is 13.2 Å². The fourth-order valence-corrected chi connectivity index (χ4v) is 1.41. The average Bonchev–Trinajstić information content (AvgIpc) is 2.48. The molecule has 1 aromatic carbocycles. The van der Waals surface area contributed by atoms with Crippen LogP contribution in [0.25, 0.3) is 0 Å². The highest BCUT2D eigenvalue weighted by Crippen LogP contribution is 2.30. The first-order valence-electron chi connectivity index (χ1n) is 6.36. The minimum absolute atomic E-state index is 0.0853. The van der Waals surface area contributed by atoms with E-state index < -0.39 is 23.6 Å². The van der Waals surface area contributed by atoms with Gasteiger partial charge in [0, 0.05) is 0 Å². The van der Waals surface area contributed by atoms with Crippen LogP contribution < -0.4 is 21.1 Å². The van der Waals surface area contributed by atoms with Gasteiger partial charge in [0.15, 0.2) is 0 Å².